The Morgan fingerprint density at radius 3 is 2.50 bits per heavy atom. The lowest BCUT2D eigenvalue weighted by Crippen LogP contribution is -2.57. The minimum atomic E-state index is -0.218. The number of hydrogen-bond acceptors (Lipinski definition) is 3. The average molecular weight is 279 g/mol. The Morgan fingerprint density at radius 2 is 2.00 bits per heavy atom. The molecule has 0 radical (unpaired) electrons. The highest BCUT2D eigenvalue weighted by atomic mass is 19.1. The molecule has 4 heteroatoms. The van der Waals surface area contributed by atoms with Gasteiger partial charge in [0.1, 0.15) is 5.82 Å². The van der Waals surface area contributed by atoms with Crippen LogP contribution in [0, 0.1) is 5.82 Å². The Balaban J connectivity index is 1.92. The van der Waals surface area contributed by atoms with Crippen molar-refractivity contribution in [2.45, 2.75) is 30.8 Å². The van der Waals surface area contributed by atoms with E-state index in [-0.39, 0.29) is 11.9 Å². The van der Waals surface area contributed by atoms with E-state index < -0.39 is 0 Å². The summed E-state index contributed by atoms with van der Waals surface area (Å²) in [4.78, 5) is 4.61. The molecule has 1 aromatic rings. The van der Waals surface area contributed by atoms with Crippen molar-refractivity contribution in [2.24, 2.45) is 5.73 Å². The molecule has 1 fully saturated rings. The van der Waals surface area contributed by atoms with Crippen LogP contribution in [-0.2, 0) is 0 Å². The number of benzene rings is 1. The zero-order chi connectivity index (χ0) is 14.8. The second-order valence-electron chi connectivity index (χ2n) is 6.33. The molecule has 1 aliphatic rings. The van der Waals surface area contributed by atoms with Gasteiger partial charge in [-0.2, -0.15) is 0 Å². The third kappa shape index (κ3) is 3.37. The van der Waals surface area contributed by atoms with Gasteiger partial charge in [-0.25, -0.2) is 4.39 Å². The van der Waals surface area contributed by atoms with Gasteiger partial charge in [-0.05, 0) is 58.1 Å². The van der Waals surface area contributed by atoms with Crippen LogP contribution >= 0.6 is 0 Å². The summed E-state index contributed by atoms with van der Waals surface area (Å²) in [6.45, 7) is 1.77. The summed E-state index contributed by atoms with van der Waals surface area (Å²) in [5.41, 5.74) is 7.36. The fourth-order valence-electron chi connectivity index (χ4n) is 3.08. The van der Waals surface area contributed by atoms with Crippen molar-refractivity contribution in [3.63, 3.8) is 0 Å². The highest BCUT2D eigenvalue weighted by Crippen LogP contribution is 2.36. The molecule has 3 nitrogen and oxygen atoms in total. The second-order valence-corrected chi connectivity index (χ2v) is 6.33. The minimum absolute atomic E-state index is 0.144. The second kappa shape index (κ2) is 6.20. The topological polar surface area (TPSA) is 32.5 Å². The van der Waals surface area contributed by atoms with Gasteiger partial charge in [0.2, 0.25) is 0 Å². The molecule has 2 rings (SSSR count). The van der Waals surface area contributed by atoms with E-state index in [1.807, 2.05) is 6.07 Å². The van der Waals surface area contributed by atoms with Gasteiger partial charge in [-0.3, -0.25) is 0 Å². The molecule has 1 saturated carbocycles. The zero-order valence-electron chi connectivity index (χ0n) is 12.8. The lowest BCUT2D eigenvalue weighted by Gasteiger charge is -2.49. The molecule has 0 saturated heterocycles. The van der Waals surface area contributed by atoms with Gasteiger partial charge in [0.25, 0.3) is 0 Å². The standard InChI is InChI=1S/C16H26FN3/c1-19(2)16(8-5-9-16)12-20(3)11-15(18)13-6-4-7-14(17)10-13/h4,6-7,10,15H,5,8-9,11-12,18H2,1-3H3. The van der Waals surface area contributed by atoms with Crippen LogP contribution in [0.2, 0.25) is 0 Å². The Labute approximate surface area is 121 Å². The molecule has 1 aromatic carbocycles. The molecule has 0 amide bonds. The van der Waals surface area contributed by atoms with E-state index in [1.54, 1.807) is 6.07 Å². The van der Waals surface area contributed by atoms with Crippen molar-refractivity contribution < 1.29 is 4.39 Å². The van der Waals surface area contributed by atoms with Crippen LogP contribution in [-0.4, -0.2) is 49.6 Å². The molecular formula is C16H26FN3. The molecule has 2 N–H and O–H groups in total. The zero-order valence-corrected chi connectivity index (χ0v) is 12.8. The van der Waals surface area contributed by atoms with Crippen molar-refractivity contribution in [3.05, 3.63) is 35.6 Å². The molecule has 20 heavy (non-hydrogen) atoms. The van der Waals surface area contributed by atoms with E-state index in [0.717, 1.165) is 18.7 Å². The first-order chi connectivity index (χ1) is 9.43. The lowest BCUT2D eigenvalue weighted by atomic mass is 9.75. The van der Waals surface area contributed by atoms with Crippen molar-refractivity contribution in [1.82, 2.24) is 9.80 Å². The predicted molar refractivity (Wildman–Crippen MR) is 81.1 cm³/mol. The molecule has 0 aromatic heterocycles. The quantitative estimate of drug-likeness (QED) is 0.867. The fraction of sp³-hybridized carbons (Fsp3) is 0.625. The molecule has 0 heterocycles. The van der Waals surface area contributed by atoms with E-state index in [0.29, 0.717) is 5.54 Å². The van der Waals surface area contributed by atoms with Gasteiger partial charge < -0.3 is 15.5 Å². The summed E-state index contributed by atoms with van der Waals surface area (Å²) in [6.07, 6.45) is 3.81. The van der Waals surface area contributed by atoms with Gasteiger partial charge in [0.05, 0.1) is 0 Å². The highest BCUT2D eigenvalue weighted by Gasteiger charge is 2.39. The Morgan fingerprint density at radius 1 is 1.30 bits per heavy atom. The number of rotatable bonds is 6. The van der Waals surface area contributed by atoms with Gasteiger partial charge in [0.15, 0.2) is 0 Å². The normalized spacial score (nSPS) is 19.1. The maximum absolute atomic E-state index is 13.2. The number of nitrogens with zero attached hydrogens (tertiary/aromatic N) is 2. The van der Waals surface area contributed by atoms with E-state index in [1.165, 1.54) is 31.4 Å². The fourth-order valence-corrected chi connectivity index (χ4v) is 3.08. The summed E-state index contributed by atoms with van der Waals surface area (Å²) in [5.74, 6) is -0.218. The summed E-state index contributed by atoms with van der Waals surface area (Å²) < 4.78 is 13.2. The largest absolute Gasteiger partial charge is 0.323 e. The Kier molecular flexibility index (Phi) is 4.78. The lowest BCUT2D eigenvalue weighted by molar-refractivity contribution is 0.0265. The molecule has 1 atom stereocenters. The summed E-state index contributed by atoms with van der Waals surface area (Å²) in [6, 6.07) is 6.46. The maximum atomic E-state index is 13.2. The van der Waals surface area contributed by atoms with Crippen LogP contribution in [0.5, 0.6) is 0 Å². The highest BCUT2D eigenvalue weighted by molar-refractivity contribution is 5.20. The van der Waals surface area contributed by atoms with Crippen LogP contribution in [0.1, 0.15) is 30.9 Å². The first-order valence-electron chi connectivity index (χ1n) is 7.30. The molecule has 0 bridgehead atoms. The van der Waals surface area contributed by atoms with Crippen molar-refractivity contribution in [1.29, 1.82) is 0 Å². The third-order valence-electron chi connectivity index (χ3n) is 4.58. The van der Waals surface area contributed by atoms with Crippen LogP contribution in [0.25, 0.3) is 0 Å². The Hall–Kier alpha value is -0.970. The first kappa shape index (κ1) is 15.4. The number of halogens is 1. The van der Waals surface area contributed by atoms with E-state index in [9.17, 15) is 4.39 Å². The molecule has 112 valence electrons. The maximum Gasteiger partial charge on any atom is 0.123 e. The monoisotopic (exact) mass is 279 g/mol. The summed E-state index contributed by atoms with van der Waals surface area (Å²) in [5, 5.41) is 0. The smallest absolute Gasteiger partial charge is 0.123 e. The van der Waals surface area contributed by atoms with Crippen LogP contribution < -0.4 is 5.73 Å². The predicted octanol–water partition coefficient (Wildman–Crippen LogP) is 2.24. The third-order valence-corrected chi connectivity index (χ3v) is 4.58. The van der Waals surface area contributed by atoms with Crippen molar-refractivity contribution >= 4 is 0 Å². The van der Waals surface area contributed by atoms with Crippen molar-refractivity contribution in [3.8, 4) is 0 Å². The van der Waals surface area contributed by atoms with Gasteiger partial charge >= 0.3 is 0 Å². The molecule has 0 aliphatic heterocycles. The van der Waals surface area contributed by atoms with Crippen LogP contribution in [0.3, 0.4) is 0 Å². The van der Waals surface area contributed by atoms with Crippen LogP contribution in [0.15, 0.2) is 24.3 Å². The Bertz CT molecular complexity index is 443. The molecule has 0 spiro atoms. The van der Waals surface area contributed by atoms with Crippen molar-refractivity contribution in [2.75, 3.05) is 34.2 Å². The molecule has 1 aliphatic carbocycles. The molecule has 1 unspecified atom stereocenters. The van der Waals surface area contributed by atoms with E-state index in [4.69, 9.17) is 5.73 Å². The molecular weight excluding hydrogens is 253 g/mol. The minimum Gasteiger partial charge on any atom is -0.323 e. The number of likely N-dealkylation sites (N-methyl/N-ethyl adjacent to an activating group) is 2. The van der Waals surface area contributed by atoms with Gasteiger partial charge in [0, 0.05) is 24.7 Å². The van der Waals surface area contributed by atoms with E-state index >= 15 is 0 Å². The first-order valence-corrected chi connectivity index (χ1v) is 7.30. The average Bonchev–Trinajstić information content (AvgIpc) is 2.33. The van der Waals surface area contributed by atoms with Gasteiger partial charge in [-0.1, -0.05) is 12.1 Å². The number of nitrogens with two attached hydrogens (primary N) is 1. The van der Waals surface area contributed by atoms with Crippen LogP contribution in [0.4, 0.5) is 4.39 Å². The summed E-state index contributed by atoms with van der Waals surface area (Å²) >= 11 is 0. The van der Waals surface area contributed by atoms with E-state index in [2.05, 4.69) is 30.9 Å². The summed E-state index contributed by atoms with van der Waals surface area (Å²) in [7, 11) is 6.40. The SMILES string of the molecule is CN(CC(N)c1cccc(F)c1)CC1(N(C)C)CCC1. The number of hydrogen-bond donors (Lipinski definition) is 1. The van der Waals surface area contributed by atoms with Gasteiger partial charge in [-0.15, -0.1) is 0 Å².